The molecule has 1 aromatic carbocycles. The van der Waals surface area contributed by atoms with Gasteiger partial charge in [-0.05, 0) is 32.9 Å². The van der Waals surface area contributed by atoms with E-state index in [9.17, 15) is 0 Å². The van der Waals surface area contributed by atoms with Crippen LogP contribution < -0.4 is 20.1 Å². The van der Waals surface area contributed by atoms with Crippen LogP contribution in [0.1, 0.15) is 28.1 Å². The first kappa shape index (κ1) is 19.1. The summed E-state index contributed by atoms with van der Waals surface area (Å²) < 4.78 is 10.7. The second-order valence-electron chi connectivity index (χ2n) is 5.47. The van der Waals surface area contributed by atoms with Crippen LogP contribution in [0.15, 0.2) is 23.2 Å². The third-order valence-electron chi connectivity index (χ3n) is 3.66. The molecule has 2 N–H and O–H groups in total. The molecule has 0 bridgehead atoms. The lowest BCUT2D eigenvalue weighted by Crippen LogP contribution is -2.36. The van der Waals surface area contributed by atoms with Crippen LogP contribution in [0.4, 0.5) is 0 Å². The average molecular weight is 362 g/mol. The summed E-state index contributed by atoms with van der Waals surface area (Å²) in [6.07, 6.45) is 0. The molecule has 0 fully saturated rings. The van der Waals surface area contributed by atoms with Crippen molar-refractivity contribution in [3.05, 3.63) is 39.3 Å². The van der Waals surface area contributed by atoms with Crippen LogP contribution in [0, 0.1) is 13.8 Å². The van der Waals surface area contributed by atoms with E-state index in [4.69, 9.17) is 9.47 Å². The first-order valence-electron chi connectivity index (χ1n) is 8.23. The summed E-state index contributed by atoms with van der Waals surface area (Å²) in [4.78, 5) is 10.3. The maximum Gasteiger partial charge on any atom is 0.191 e. The number of rotatable bonds is 7. The van der Waals surface area contributed by atoms with Crippen molar-refractivity contribution in [2.75, 3.05) is 20.8 Å². The van der Waals surface area contributed by atoms with E-state index in [1.807, 2.05) is 39.0 Å². The predicted molar refractivity (Wildman–Crippen MR) is 103 cm³/mol. The molecule has 0 amide bonds. The number of aryl methyl sites for hydroxylation is 2. The van der Waals surface area contributed by atoms with Crippen LogP contribution in [0.5, 0.6) is 11.5 Å². The molecule has 0 saturated heterocycles. The zero-order valence-electron chi connectivity index (χ0n) is 15.5. The van der Waals surface area contributed by atoms with Gasteiger partial charge in [-0.1, -0.05) is 0 Å². The van der Waals surface area contributed by atoms with Gasteiger partial charge in [-0.3, -0.25) is 0 Å². The molecule has 0 spiro atoms. The molecule has 0 radical (unpaired) electrons. The fourth-order valence-corrected chi connectivity index (χ4v) is 3.27. The van der Waals surface area contributed by atoms with E-state index in [1.165, 1.54) is 4.88 Å². The molecule has 7 heteroatoms. The zero-order chi connectivity index (χ0) is 18.2. The zero-order valence-corrected chi connectivity index (χ0v) is 16.3. The molecule has 0 saturated carbocycles. The molecular weight excluding hydrogens is 336 g/mol. The molecule has 2 aromatic rings. The summed E-state index contributed by atoms with van der Waals surface area (Å²) in [5.41, 5.74) is 2.08. The summed E-state index contributed by atoms with van der Waals surface area (Å²) in [6.45, 7) is 8.13. The minimum Gasteiger partial charge on any atom is -0.497 e. The lowest BCUT2D eigenvalue weighted by atomic mass is 10.2. The number of benzene rings is 1. The van der Waals surface area contributed by atoms with E-state index in [-0.39, 0.29) is 0 Å². The summed E-state index contributed by atoms with van der Waals surface area (Å²) >= 11 is 1.71. The maximum absolute atomic E-state index is 5.43. The van der Waals surface area contributed by atoms with Crippen molar-refractivity contribution in [1.82, 2.24) is 15.6 Å². The molecule has 0 aliphatic heterocycles. The highest BCUT2D eigenvalue weighted by Crippen LogP contribution is 2.25. The van der Waals surface area contributed by atoms with Crippen molar-refractivity contribution in [3.63, 3.8) is 0 Å². The SMILES string of the molecule is CCNC(=NCc1ccc(OC)cc1OC)NCc1sc(C)nc1C. The molecule has 0 atom stereocenters. The number of hydrogen-bond donors (Lipinski definition) is 2. The highest BCUT2D eigenvalue weighted by Gasteiger charge is 2.07. The van der Waals surface area contributed by atoms with Crippen LogP contribution in [-0.2, 0) is 13.1 Å². The minimum atomic E-state index is 0.517. The number of methoxy groups -OCH3 is 2. The number of guanidine groups is 1. The fourth-order valence-electron chi connectivity index (χ4n) is 2.39. The van der Waals surface area contributed by atoms with Gasteiger partial charge in [0.25, 0.3) is 0 Å². The second kappa shape index (κ2) is 9.27. The van der Waals surface area contributed by atoms with Crippen LogP contribution in [0.25, 0.3) is 0 Å². The average Bonchev–Trinajstić information content (AvgIpc) is 2.94. The Labute approximate surface area is 153 Å². The molecule has 136 valence electrons. The summed E-state index contributed by atoms with van der Waals surface area (Å²) in [7, 11) is 3.29. The Morgan fingerprint density at radius 3 is 2.60 bits per heavy atom. The van der Waals surface area contributed by atoms with Crippen molar-refractivity contribution in [3.8, 4) is 11.5 Å². The Balaban J connectivity index is 2.07. The van der Waals surface area contributed by atoms with Gasteiger partial charge in [-0.15, -0.1) is 11.3 Å². The van der Waals surface area contributed by atoms with E-state index in [0.29, 0.717) is 13.1 Å². The van der Waals surface area contributed by atoms with Crippen molar-refractivity contribution in [2.24, 2.45) is 4.99 Å². The number of hydrogen-bond acceptors (Lipinski definition) is 5. The molecular formula is C18H26N4O2S. The Hall–Kier alpha value is -2.28. The van der Waals surface area contributed by atoms with E-state index >= 15 is 0 Å². The first-order chi connectivity index (χ1) is 12.1. The van der Waals surface area contributed by atoms with E-state index in [0.717, 1.165) is 40.3 Å². The Bertz CT molecular complexity index is 728. The van der Waals surface area contributed by atoms with Gasteiger partial charge in [0.1, 0.15) is 11.5 Å². The Kier molecular flexibility index (Phi) is 7.06. The van der Waals surface area contributed by atoms with E-state index in [1.54, 1.807) is 25.6 Å². The van der Waals surface area contributed by atoms with Gasteiger partial charge < -0.3 is 20.1 Å². The third kappa shape index (κ3) is 5.35. The standard InChI is InChI=1S/C18H26N4O2S/c1-6-19-18(21-11-17-12(2)22-13(3)25-17)20-10-14-7-8-15(23-4)9-16(14)24-5/h7-9H,6,10-11H2,1-5H3,(H2,19,20,21). The quantitative estimate of drug-likeness (QED) is 0.585. The van der Waals surface area contributed by atoms with Crippen molar-refractivity contribution < 1.29 is 9.47 Å². The highest BCUT2D eigenvalue weighted by atomic mass is 32.1. The lowest BCUT2D eigenvalue weighted by molar-refractivity contribution is 0.391. The predicted octanol–water partition coefficient (Wildman–Crippen LogP) is 3.03. The normalized spacial score (nSPS) is 11.3. The lowest BCUT2D eigenvalue weighted by Gasteiger charge is -2.12. The van der Waals surface area contributed by atoms with Gasteiger partial charge in [0, 0.05) is 23.1 Å². The summed E-state index contributed by atoms with van der Waals surface area (Å²) in [5.74, 6) is 2.31. The largest absolute Gasteiger partial charge is 0.497 e. The number of nitrogens with one attached hydrogen (secondary N) is 2. The van der Waals surface area contributed by atoms with Gasteiger partial charge in [0.05, 0.1) is 38.0 Å². The molecule has 2 rings (SSSR count). The van der Waals surface area contributed by atoms with E-state index < -0.39 is 0 Å². The van der Waals surface area contributed by atoms with Crippen LogP contribution in [-0.4, -0.2) is 31.7 Å². The monoisotopic (exact) mass is 362 g/mol. The first-order valence-corrected chi connectivity index (χ1v) is 9.05. The van der Waals surface area contributed by atoms with Crippen LogP contribution >= 0.6 is 11.3 Å². The van der Waals surface area contributed by atoms with Crippen molar-refractivity contribution in [2.45, 2.75) is 33.9 Å². The molecule has 1 aromatic heterocycles. The molecule has 1 heterocycles. The van der Waals surface area contributed by atoms with Gasteiger partial charge in [-0.25, -0.2) is 9.98 Å². The third-order valence-corrected chi connectivity index (χ3v) is 4.73. The van der Waals surface area contributed by atoms with Crippen molar-refractivity contribution >= 4 is 17.3 Å². The molecule has 0 aliphatic rings. The highest BCUT2D eigenvalue weighted by molar-refractivity contribution is 7.11. The van der Waals surface area contributed by atoms with E-state index in [2.05, 4.69) is 20.6 Å². The van der Waals surface area contributed by atoms with Crippen LogP contribution in [0.2, 0.25) is 0 Å². The maximum atomic E-state index is 5.43. The second-order valence-corrected chi connectivity index (χ2v) is 6.76. The number of nitrogens with zero attached hydrogens (tertiary/aromatic N) is 2. The smallest absolute Gasteiger partial charge is 0.191 e. The van der Waals surface area contributed by atoms with Gasteiger partial charge in [0.2, 0.25) is 0 Å². The topological polar surface area (TPSA) is 67.8 Å². The van der Waals surface area contributed by atoms with Crippen LogP contribution in [0.3, 0.4) is 0 Å². The minimum absolute atomic E-state index is 0.517. The molecule has 25 heavy (non-hydrogen) atoms. The molecule has 0 aliphatic carbocycles. The summed E-state index contributed by atoms with van der Waals surface area (Å²) in [6, 6.07) is 5.76. The number of aromatic nitrogens is 1. The van der Waals surface area contributed by atoms with Gasteiger partial charge >= 0.3 is 0 Å². The number of thiazole rings is 1. The van der Waals surface area contributed by atoms with Gasteiger partial charge in [0.15, 0.2) is 5.96 Å². The Morgan fingerprint density at radius 1 is 1.20 bits per heavy atom. The fraction of sp³-hybridized carbons (Fsp3) is 0.444. The van der Waals surface area contributed by atoms with Gasteiger partial charge in [-0.2, -0.15) is 0 Å². The van der Waals surface area contributed by atoms with Crippen molar-refractivity contribution in [1.29, 1.82) is 0 Å². The Morgan fingerprint density at radius 2 is 2.00 bits per heavy atom. The summed E-state index contributed by atoms with van der Waals surface area (Å²) in [5, 5.41) is 7.71. The number of ether oxygens (including phenoxy) is 2. The molecule has 6 nitrogen and oxygen atoms in total. The number of aliphatic imine (C=N–C) groups is 1. The molecule has 0 unspecified atom stereocenters.